The summed E-state index contributed by atoms with van der Waals surface area (Å²) in [5.74, 6) is 2.04. The third-order valence-corrected chi connectivity index (χ3v) is 7.05. The zero-order valence-corrected chi connectivity index (χ0v) is 16.0. The van der Waals surface area contributed by atoms with Crippen LogP contribution >= 0.6 is 0 Å². The fraction of sp³-hybridized carbons (Fsp3) is 0.565. The molecule has 0 saturated heterocycles. The molecule has 2 aliphatic carbocycles. The van der Waals surface area contributed by atoms with Crippen LogP contribution in [0.5, 0.6) is 0 Å². The van der Waals surface area contributed by atoms with Crippen molar-refractivity contribution < 1.29 is 14.7 Å². The number of benzene rings is 1. The quantitative estimate of drug-likeness (QED) is 0.882. The van der Waals surface area contributed by atoms with Crippen LogP contribution in [0.3, 0.4) is 0 Å². The minimum absolute atomic E-state index is 0.0227. The first-order chi connectivity index (χ1) is 13.2. The average molecular weight is 367 g/mol. The van der Waals surface area contributed by atoms with E-state index in [1.165, 1.54) is 17.6 Å². The summed E-state index contributed by atoms with van der Waals surface area (Å²) in [6, 6.07) is 10.9. The van der Waals surface area contributed by atoms with Gasteiger partial charge in [0.25, 0.3) is 0 Å². The van der Waals surface area contributed by atoms with Gasteiger partial charge in [-0.1, -0.05) is 36.4 Å². The van der Waals surface area contributed by atoms with Gasteiger partial charge in [-0.2, -0.15) is 0 Å². The molecule has 5 rings (SSSR count). The van der Waals surface area contributed by atoms with Gasteiger partial charge in [-0.3, -0.25) is 9.90 Å². The highest BCUT2D eigenvalue weighted by Crippen LogP contribution is 2.59. The van der Waals surface area contributed by atoms with Crippen molar-refractivity contribution in [2.45, 2.75) is 50.7 Å². The van der Waals surface area contributed by atoms with E-state index in [-0.39, 0.29) is 17.6 Å². The van der Waals surface area contributed by atoms with Gasteiger partial charge >= 0.3 is 0 Å². The predicted octanol–water partition coefficient (Wildman–Crippen LogP) is 3.83. The Morgan fingerprint density at radius 1 is 1.26 bits per heavy atom. The van der Waals surface area contributed by atoms with Crippen LogP contribution in [-0.4, -0.2) is 36.0 Å². The standard InChI is InChI=1S/C23H29NO3/c1-26-24-10-9-23-14-17(11-16-5-3-2-4-6-16)7-8-21(23)27-20-13-19(25)12-18(15-24)22(20)23/h2-6,9-10,17-19,21,25H,7-8,11-15H2,1H3/t17?,18?,19-,21?,23?/m1/s1. The number of aliphatic hydroxyl groups is 1. The summed E-state index contributed by atoms with van der Waals surface area (Å²) < 4.78 is 6.48. The fourth-order valence-corrected chi connectivity index (χ4v) is 5.99. The summed E-state index contributed by atoms with van der Waals surface area (Å²) in [4.78, 5) is 5.56. The van der Waals surface area contributed by atoms with E-state index < -0.39 is 0 Å². The van der Waals surface area contributed by atoms with E-state index >= 15 is 0 Å². The lowest BCUT2D eigenvalue weighted by Crippen LogP contribution is -2.41. The lowest BCUT2D eigenvalue weighted by molar-refractivity contribution is -0.0967. The van der Waals surface area contributed by atoms with E-state index in [2.05, 4.69) is 42.6 Å². The monoisotopic (exact) mass is 367 g/mol. The van der Waals surface area contributed by atoms with Gasteiger partial charge in [0.2, 0.25) is 0 Å². The molecular formula is C23H29NO3. The van der Waals surface area contributed by atoms with Crippen LogP contribution in [0, 0.1) is 17.3 Å². The van der Waals surface area contributed by atoms with Crippen molar-refractivity contribution in [2.75, 3.05) is 13.7 Å². The van der Waals surface area contributed by atoms with Crippen LogP contribution in [0.25, 0.3) is 0 Å². The number of ether oxygens (including phenoxy) is 1. The third-order valence-electron chi connectivity index (χ3n) is 7.05. The second kappa shape index (κ2) is 6.68. The Morgan fingerprint density at radius 3 is 2.93 bits per heavy atom. The van der Waals surface area contributed by atoms with Crippen LogP contribution in [0.4, 0.5) is 0 Å². The Hall–Kier alpha value is -1.78. The van der Waals surface area contributed by atoms with Crippen molar-refractivity contribution in [3.05, 3.63) is 59.5 Å². The molecule has 0 bridgehead atoms. The summed E-state index contributed by atoms with van der Waals surface area (Å²) in [5.41, 5.74) is 2.87. The van der Waals surface area contributed by atoms with Crippen molar-refractivity contribution in [1.29, 1.82) is 0 Å². The molecule has 4 aliphatic rings. The first-order valence-electron chi connectivity index (χ1n) is 10.3. The number of nitrogens with zero attached hydrogens (tertiary/aromatic N) is 1. The second-order valence-corrected chi connectivity index (χ2v) is 8.71. The summed E-state index contributed by atoms with van der Waals surface area (Å²) >= 11 is 0. The highest BCUT2D eigenvalue weighted by Gasteiger charge is 2.56. The van der Waals surface area contributed by atoms with Gasteiger partial charge in [0.05, 0.1) is 30.9 Å². The molecule has 1 fully saturated rings. The molecule has 2 heterocycles. The molecule has 0 radical (unpaired) electrons. The molecule has 4 heteroatoms. The number of rotatable bonds is 3. The summed E-state index contributed by atoms with van der Waals surface area (Å²) in [6.45, 7) is 0.796. The maximum absolute atomic E-state index is 10.4. The van der Waals surface area contributed by atoms with E-state index in [9.17, 15) is 5.11 Å². The Morgan fingerprint density at radius 2 is 2.11 bits per heavy atom. The van der Waals surface area contributed by atoms with Crippen molar-refractivity contribution in [1.82, 2.24) is 5.06 Å². The number of hydroxylamine groups is 2. The van der Waals surface area contributed by atoms with Crippen LogP contribution in [-0.2, 0) is 16.0 Å². The van der Waals surface area contributed by atoms with Gasteiger partial charge in [0, 0.05) is 18.5 Å². The highest BCUT2D eigenvalue weighted by atomic mass is 16.7. The van der Waals surface area contributed by atoms with Gasteiger partial charge in [0.1, 0.15) is 6.10 Å². The molecule has 1 saturated carbocycles. The Labute approximate surface area is 161 Å². The molecule has 0 amide bonds. The van der Waals surface area contributed by atoms with E-state index in [0.717, 1.165) is 38.0 Å². The molecular weight excluding hydrogens is 338 g/mol. The third kappa shape index (κ3) is 2.90. The van der Waals surface area contributed by atoms with Gasteiger partial charge < -0.3 is 9.84 Å². The first-order valence-corrected chi connectivity index (χ1v) is 10.3. The molecule has 4 nitrogen and oxygen atoms in total. The van der Waals surface area contributed by atoms with Gasteiger partial charge in [-0.25, -0.2) is 0 Å². The minimum Gasteiger partial charge on any atom is -0.493 e. The minimum atomic E-state index is -0.303. The normalized spacial score (nSPS) is 37.5. The second-order valence-electron chi connectivity index (χ2n) is 8.71. The number of hydrogen-bond donors (Lipinski definition) is 1. The SMILES string of the molecule is CON1C=CC23CC(Cc4ccccc4)CCC2OC2=C3C(C[C@@H](O)C2)C1. The van der Waals surface area contributed by atoms with Crippen molar-refractivity contribution in [3.8, 4) is 0 Å². The van der Waals surface area contributed by atoms with Gasteiger partial charge in [-0.05, 0) is 49.2 Å². The van der Waals surface area contributed by atoms with E-state index in [1.807, 2.05) is 5.06 Å². The fourth-order valence-electron chi connectivity index (χ4n) is 5.99. The highest BCUT2D eigenvalue weighted by molar-refractivity contribution is 5.38. The molecule has 1 N–H and O–H groups in total. The molecule has 144 valence electrons. The van der Waals surface area contributed by atoms with Gasteiger partial charge in [0.15, 0.2) is 0 Å². The van der Waals surface area contributed by atoms with Crippen molar-refractivity contribution in [2.24, 2.45) is 17.3 Å². The maximum atomic E-state index is 10.4. The van der Waals surface area contributed by atoms with Crippen LogP contribution in [0.2, 0.25) is 0 Å². The molecule has 4 unspecified atom stereocenters. The molecule has 27 heavy (non-hydrogen) atoms. The average Bonchev–Trinajstić information content (AvgIpc) is 2.90. The molecule has 5 atom stereocenters. The Balaban J connectivity index is 1.49. The smallest absolute Gasteiger partial charge is 0.111 e. The summed E-state index contributed by atoms with van der Waals surface area (Å²) in [5, 5.41) is 12.3. The van der Waals surface area contributed by atoms with Crippen LogP contribution in [0.15, 0.2) is 53.9 Å². The van der Waals surface area contributed by atoms with Crippen LogP contribution < -0.4 is 0 Å². The first kappa shape index (κ1) is 17.3. The molecule has 0 aromatic heterocycles. The maximum Gasteiger partial charge on any atom is 0.111 e. The van der Waals surface area contributed by atoms with E-state index in [1.54, 1.807) is 7.11 Å². The molecule has 1 spiro atoms. The Bertz CT molecular complexity index is 758. The zero-order valence-electron chi connectivity index (χ0n) is 16.0. The van der Waals surface area contributed by atoms with Gasteiger partial charge in [-0.15, -0.1) is 0 Å². The molecule has 1 aromatic rings. The summed E-state index contributed by atoms with van der Waals surface area (Å²) in [7, 11) is 1.73. The molecule has 1 aromatic carbocycles. The number of aliphatic hydroxyl groups excluding tert-OH is 1. The van der Waals surface area contributed by atoms with E-state index in [0.29, 0.717) is 18.3 Å². The Kier molecular flexibility index (Phi) is 4.29. The zero-order chi connectivity index (χ0) is 18.4. The topological polar surface area (TPSA) is 41.9 Å². The predicted molar refractivity (Wildman–Crippen MR) is 103 cm³/mol. The number of hydrogen-bond acceptors (Lipinski definition) is 4. The van der Waals surface area contributed by atoms with Crippen molar-refractivity contribution >= 4 is 0 Å². The van der Waals surface area contributed by atoms with Crippen LogP contribution in [0.1, 0.15) is 37.7 Å². The summed E-state index contributed by atoms with van der Waals surface area (Å²) in [6.07, 6.45) is 10.4. The van der Waals surface area contributed by atoms with Crippen molar-refractivity contribution in [3.63, 3.8) is 0 Å². The molecule has 2 aliphatic heterocycles. The lowest BCUT2D eigenvalue weighted by atomic mass is 9.60. The van der Waals surface area contributed by atoms with E-state index in [4.69, 9.17) is 9.57 Å². The lowest BCUT2D eigenvalue weighted by Gasteiger charge is -2.42. The largest absolute Gasteiger partial charge is 0.493 e.